The van der Waals surface area contributed by atoms with Gasteiger partial charge < -0.3 is 29.5 Å². The Balaban J connectivity index is 4.34. The van der Waals surface area contributed by atoms with Gasteiger partial charge in [-0.2, -0.15) is 0 Å². The standard InChI is InChI=1S/C43H67O10P/c1-3-5-7-8-9-10-11-12-13-14-15-16-17-18-22-25-29-35-42(46)51-37-41(38-52-54(48,49)50)53-43(47)36-30-34-40(45)33-28-24-21-19-20-23-27-32-39(44)31-26-6-4-2/h5,7,9-10,12-13,15-16,18,20-24,27-28,32-33,39-41,44-45H,3-4,6,8,11,14,17,19,25-26,29-31,34-38H2,1-2H3,(H2,48,49,50)/b7-5-,10-9-,13-12-,16-15-,22-18-,23-20-,24-21-,32-27+,33-28+/t39-,40-,41-/m1/s1. The van der Waals surface area contributed by atoms with Crippen LogP contribution in [0.2, 0.25) is 0 Å². The summed E-state index contributed by atoms with van der Waals surface area (Å²) in [4.78, 5) is 42.7. The number of ether oxygens (including phenoxy) is 2. The molecule has 0 amide bonds. The van der Waals surface area contributed by atoms with Gasteiger partial charge in [-0.3, -0.25) is 14.1 Å². The van der Waals surface area contributed by atoms with Crippen LogP contribution in [0.15, 0.2) is 109 Å². The van der Waals surface area contributed by atoms with Crippen molar-refractivity contribution in [2.75, 3.05) is 13.2 Å². The van der Waals surface area contributed by atoms with Gasteiger partial charge in [0.05, 0.1) is 18.8 Å². The first-order chi connectivity index (χ1) is 26.1. The summed E-state index contributed by atoms with van der Waals surface area (Å²) in [5.41, 5.74) is 0. The number of allylic oxidation sites excluding steroid dienone is 16. The minimum Gasteiger partial charge on any atom is -0.462 e. The van der Waals surface area contributed by atoms with Gasteiger partial charge in [0.25, 0.3) is 0 Å². The maximum absolute atomic E-state index is 12.4. The second-order valence-corrected chi connectivity index (χ2v) is 13.8. The Morgan fingerprint density at radius 1 is 0.593 bits per heavy atom. The lowest BCUT2D eigenvalue weighted by Gasteiger charge is -2.18. The number of hydrogen-bond acceptors (Lipinski definition) is 8. The van der Waals surface area contributed by atoms with E-state index in [1.807, 2.05) is 42.5 Å². The van der Waals surface area contributed by atoms with Crippen molar-refractivity contribution in [2.24, 2.45) is 0 Å². The first kappa shape index (κ1) is 50.6. The lowest BCUT2D eigenvalue weighted by molar-refractivity contribution is -0.161. The molecule has 0 aromatic heterocycles. The van der Waals surface area contributed by atoms with Gasteiger partial charge in [0.15, 0.2) is 6.10 Å². The molecule has 0 aliphatic carbocycles. The van der Waals surface area contributed by atoms with E-state index in [1.165, 1.54) is 0 Å². The van der Waals surface area contributed by atoms with Crippen LogP contribution in [0.3, 0.4) is 0 Å². The van der Waals surface area contributed by atoms with Crippen molar-refractivity contribution in [3.05, 3.63) is 109 Å². The van der Waals surface area contributed by atoms with Gasteiger partial charge in [0.2, 0.25) is 0 Å². The number of esters is 2. The van der Waals surface area contributed by atoms with Crippen molar-refractivity contribution in [1.82, 2.24) is 0 Å². The van der Waals surface area contributed by atoms with E-state index in [4.69, 9.17) is 19.3 Å². The quantitative estimate of drug-likeness (QED) is 0.0166. The summed E-state index contributed by atoms with van der Waals surface area (Å²) in [7, 11) is -4.84. The zero-order valence-electron chi connectivity index (χ0n) is 32.5. The van der Waals surface area contributed by atoms with Gasteiger partial charge in [-0.05, 0) is 70.6 Å². The summed E-state index contributed by atoms with van der Waals surface area (Å²) < 4.78 is 26.1. The number of phosphoric acid groups is 1. The third kappa shape index (κ3) is 38.4. The highest BCUT2D eigenvalue weighted by Crippen LogP contribution is 2.35. The molecule has 0 bridgehead atoms. The van der Waals surface area contributed by atoms with E-state index in [0.717, 1.165) is 57.8 Å². The molecule has 0 aliphatic rings. The number of carbonyl (C=O) groups is 2. The predicted octanol–water partition coefficient (Wildman–Crippen LogP) is 9.56. The average molecular weight is 775 g/mol. The molecule has 0 aromatic carbocycles. The molecule has 0 aromatic rings. The van der Waals surface area contributed by atoms with Crippen LogP contribution in [0.4, 0.5) is 0 Å². The second kappa shape index (κ2) is 36.6. The van der Waals surface area contributed by atoms with Crippen molar-refractivity contribution in [3.63, 3.8) is 0 Å². The van der Waals surface area contributed by atoms with Crippen LogP contribution in [0.5, 0.6) is 0 Å². The van der Waals surface area contributed by atoms with Crippen LogP contribution in [-0.2, 0) is 28.2 Å². The lowest BCUT2D eigenvalue weighted by Crippen LogP contribution is -2.29. The third-order valence-corrected chi connectivity index (χ3v) is 7.97. The lowest BCUT2D eigenvalue weighted by atomic mass is 10.1. The molecule has 0 saturated carbocycles. The Kier molecular flexibility index (Phi) is 34.3. The normalized spacial score (nSPS) is 14.9. The highest BCUT2D eigenvalue weighted by molar-refractivity contribution is 7.46. The summed E-state index contributed by atoms with van der Waals surface area (Å²) in [6, 6.07) is 0. The molecule has 0 saturated heterocycles. The molecule has 4 N–H and O–H groups in total. The van der Waals surface area contributed by atoms with Crippen LogP contribution < -0.4 is 0 Å². The highest BCUT2D eigenvalue weighted by atomic mass is 31.2. The molecular formula is C43H67O10P. The summed E-state index contributed by atoms with van der Waals surface area (Å²) >= 11 is 0. The van der Waals surface area contributed by atoms with Crippen LogP contribution in [-0.4, -0.2) is 63.5 Å². The highest BCUT2D eigenvalue weighted by Gasteiger charge is 2.23. The Morgan fingerprint density at radius 2 is 1.09 bits per heavy atom. The van der Waals surface area contributed by atoms with E-state index < -0.39 is 51.3 Å². The van der Waals surface area contributed by atoms with Crippen molar-refractivity contribution >= 4 is 19.8 Å². The minimum absolute atomic E-state index is 0.0556. The first-order valence-corrected chi connectivity index (χ1v) is 20.9. The summed E-state index contributed by atoms with van der Waals surface area (Å²) in [6.45, 7) is 3.20. The van der Waals surface area contributed by atoms with E-state index in [-0.39, 0.29) is 12.8 Å². The Labute approximate surface area is 324 Å². The average Bonchev–Trinajstić information content (AvgIpc) is 3.13. The molecule has 11 heteroatoms. The van der Waals surface area contributed by atoms with E-state index in [0.29, 0.717) is 32.1 Å². The third-order valence-electron chi connectivity index (χ3n) is 7.48. The number of hydrogen-bond donors (Lipinski definition) is 4. The number of unbranched alkanes of at least 4 members (excludes halogenated alkanes) is 3. The number of phosphoric ester groups is 1. The molecule has 54 heavy (non-hydrogen) atoms. The summed E-state index contributed by atoms with van der Waals surface area (Å²) in [6.07, 6.45) is 44.6. The maximum Gasteiger partial charge on any atom is 0.469 e. The Bertz CT molecular complexity index is 1270. The number of aliphatic hydroxyl groups is 2. The molecule has 0 rings (SSSR count). The fraction of sp³-hybridized carbons (Fsp3) is 0.535. The summed E-state index contributed by atoms with van der Waals surface area (Å²) in [5.74, 6) is -1.20. The predicted molar refractivity (Wildman–Crippen MR) is 218 cm³/mol. The zero-order valence-corrected chi connectivity index (χ0v) is 33.4. The van der Waals surface area contributed by atoms with E-state index in [9.17, 15) is 24.4 Å². The number of aliphatic hydroxyl groups excluding tert-OH is 2. The topological polar surface area (TPSA) is 160 Å². The SMILES string of the molecule is CC/C=C\C/C=C\C/C=C\C/C=C\C/C=C\CCCC(=O)OC[C@H](COP(=O)(O)O)OC(=O)CCC[C@H](O)/C=C/C=C\C/C=C\C=C\[C@H](O)CCCCC. The van der Waals surface area contributed by atoms with Gasteiger partial charge in [0, 0.05) is 12.8 Å². The smallest absolute Gasteiger partial charge is 0.462 e. The molecule has 0 unspecified atom stereocenters. The fourth-order valence-corrected chi connectivity index (χ4v) is 4.92. The second-order valence-electron chi connectivity index (χ2n) is 12.6. The van der Waals surface area contributed by atoms with Crippen LogP contribution in [0.1, 0.15) is 117 Å². The molecule has 0 spiro atoms. The van der Waals surface area contributed by atoms with Crippen LogP contribution >= 0.6 is 7.82 Å². The largest absolute Gasteiger partial charge is 0.469 e. The van der Waals surface area contributed by atoms with E-state index >= 15 is 0 Å². The Morgan fingerprint density at radius 3 is 1.63 bits per heavy atom. The Hall–Kier alpha value is -3.37. The van der Waals surface area contributed by atoms with E-state index in [1.54, 1.807) is 18.2 Å². The molecule has 0 heterocycles. The van der Waals surface area contributed by atoms with Gasteiger partial charge in [-0.1, -0.05) is 142 Å². The zero-order chi connectivity index (χ0) is 40.0. The molecular weight excluding hydrogens is 707 g/mol. The monoisotopic (exact) mass is 774 g/mol. The molecule has 3 atom stereocenters. The summed E-state index contributed by atoms with van der Waals surface area (Å²) in [5, 5.41) is 20.0. The van der Waals surface area contributed by atoms with Crippen molar-refractivity contribution in [1.29, 1.82) is 0 Å². The van der Waals surface area contributed by atoms with Gasteiger partial charge >= 0.3 is 19.8 Å². The van der Waals surface area contributed by atoms with Gasteiger partial charge in [-0.15, -0.1) is 0 Å². The molecule has 10 nitrogen and oxygen atoms in total. The van der Waals surface area contributed by atoms with Crippen molar-refractivity contribution in [2.45, 2.75) is 135 Å². The van der Waals surface area contributed by atoms with Gasteiger partial charge in [0.1, 0.15) is 6.61 Å². The van der Waals surface area contributed by atoms with Crippen LogP contribution in [0, 0.1) is 0 Å². The van der Waals surface area contributed by atoms with E-state index in [2.05, 4.69) is 67.0 Å². The minimum atomic E-state index is -4.84. The van der Waals surface area contributed by atoms with Crippen molar-refractivity contribution < 1.29 is 48.2 Å². The fourth-order valence-electron chi connectivity index (χ4n) is 4.56. The van der Waals surface area contributed by atoms with Crippen LogP contribution in [0.25, 0.3) is 0 Å². The number of rotatable bonds is 33. The molecule has 0 fully saturated rings. The molecule has 0 radical (unpaired) electrons. The van der Waals surface area contributed by atoms with Crippen molar-refractivity contribution in [3.8, 4) is 0 Å². The first-order valence-electron chi connectivity index (χ1n) is 19.4. The molecule has 304 valence electrons. The maximum atomic E-state index is 12.4. The number of carbonyl (C=O) groups excluding carboxylic acids is 2. The molecule has 0 aliphatic heterocycles. The van der Waals surface area contributed by atoms with Gasteiger partial charge in [-0.25, -0.2) is 4.57 Å².